The Balaban J connectivity index is 2.10. The highest BCUT2D eigenvalue weighted by molar-refractivity contribution is 6.49. The first-order chi connectivity index (χ1) is 5.19. The Labute approximate surface area is 76.6 Å². The summed E-state index contributed by atoms with van der Waals surface area (Å²) in [6.45, 7) is 0. The van der Waals surface area contributed by atoms with Crippen LogP contribution in [0.2, 0.25) is 0 Å². The van der Waals surface area contributed by atoms with Crippen molar-refractivity contribution in [1.29, 1.82) is 0 Å². The third kappa shape index (κ3) is 0.643. The average Bonchev–Trinajstić information content (AvgIpc) is 2.41. The van der Waals surface area contributed by atoms with E-state index in [2.05, 4.69) is 12.2 Å². The Morgan fingerprint density at radius 1 is 1.18 bits per heavy atom. The summed E-state index contributed by atoms with van der Waals surface area (Å²) >= 11 is 12.5. The molecule has 0 nitrogen and oxygen atoms in total. The van der Waals surface area contributed by atoms with Gasteiger partial charge in [-0.1, -0.05) is 12.2 Å². The molecule has 4 atom stereocenters. The highest BCUT2D eigenvalue weighted by atomic mass is 35.5. The van der Waals surface area contributed by atoms with Gasteiger partial charge in [-0.05, 0) is 30.6 Å². The largest absolute Gasteiger partial charge is 0.127 e. The summed E-state index contributed by atoms with van der Waals surface area (Å²) in [6, 6.07) is 0. The van der Waals surface area contributed by atoms with Crippen molar-refractivity contribution in [3.63, 3.8) is 0 Å². The number of rotatable bonds is 0. The normalized spacial score (nSPS) is 55.8. The molecule has 0 radical (unpaired) electrons. The van der Waals surface area contributed by atoms with Gasteiger partial charge in [-0.3, -0.25) is 0 Å². The molecule has 2 saturated carbocycles. The molecule has 3 aliphatic rings. The summed E-state index contributed by atoms with van der Waals surface area (Å²) in [6.07, 6.45) is 7.05. The van der Waals surface area contributed by atoms with E-state index in [1.54, 1.807) is 0 Å². The first-order valence-corrected chi connectivity index (χ1v) is 5.01. The maximum absolute atomic E-state index is 6.27. The Kier molecular flexibility index (Phi) is 1.11. The van der Waals surface area contributed by atoms with Crippen molar-refractivity contribution in [2.75, 3.05) is 0 Å². The topological polar surface area (TPSA) is 0 Å². The molecule has 4 unspecified atom stereocenters. The zero-order valence-electron chi connectivity index (χ0n) is 6.13. The van der Waals surface area contributed by atoms with Gasteiger partial charge < -0.3 is 0 Å². The van der Waals surface area contributed by atoms with Crippen LogP contribution < -0.4 is 0 Å². The first-order valence-electron chi connectivity index (χ1n) is 4.25. The van der Waals surface area contributed by atoms with Gasteiger partial charge in [0.25, 0.3) is 0 Å². The SMILES string of the molecule is ClC1(Cl)C2CC3C=CC1C3C2. The fourth-order valence-corrected chi connectivity index (χ4v) is 3.97. The lowest BCUT2D eigenvalue weighted by atomic mass is 9.87. The van der Waals surface area contributed by atoms with Crippen LogP contribution in [0.15, 0.2) is 12.2 Å². The van der Waals surface area contributed by atoms with Crippen LogP contribution in [0.1, 0.15) is 12.8 Å². The zero-order valence-corrected chi connectivity index (χ0v) is 7.65. The molecule has 0 spiro atoms. The molecular formula is C9H10Cl2. The molecule has 0 N–H and O–H groups in total. The standard InChI is InChI=1S/C9H10Cl2/c10-9(11)6-3-5-1-2-8(9)7(5)4-6/h1-2,5-8H,3-4H2. The second-order valence-electron chi connectivity index (χ2n) is 4.08. The summed E-state index contributed by atoms with van der Waals surface area (Å²) in [4.78, 5) is 0. The molecule has 3 rings (SSSR count). The highest BCUT2D eigenvalue weighted by Gasteiger charge is 2.60. The van der Waals surface area contributed by atoms with E-state index in [4.69, 9.17) is 23.2 Å². The fraction of sp³-hybridized carbons (Fsp3) is 0.778. The van der Waals surface area contributed by atoms with Gasteiger partial charge in [0.05, 0.1) is 0 Å². The molecule has 0 aromatic heterocycles. The van der Waals surface area contributed by atoms with Crippen molar-refractivity contribution < 1.29 is 0 Å². The molecule has 2 heteroatoms. The number of alkyl halides is 2. The first kappa shape index (κ1) is 6.80. The molecule has 3 aliphatic carbocycles. The number of hydrogen-bond donors (Lipinski definition) is 0. The average molecular weight is 189 g/mol. The molecule has 2 fully saturated rings. The smallest absolute Gasteiger partial charge is 0.101 e. The number of halogens is 2. The molecule has 0 aromatic carbocycles. The van der Waals surface area contributed by atoms with Crippen LogP contribution in [0.3, 0.4) is 0 Å². The van der Waals surface area contributed by atoms with E-state index in [-0.39, 0.29) is 0 Å². The van der Waals surface area contributed by atoms with Crippen molar-refractivity contribution in [3.8, 4) is 0 Å². The molecule has 0 amide bonds. The fourth-order valence-electron chi connectivity index (χ4n) is 3.14. The van der Waals surface area contributed by atoms with Gasteiger partial charge in [-0.15, -0.1) is 23.2 Å². The van der Waals surface area contributed by atoms with E-state index in [0.717, 1.165) is 11.8 Å². The van der Waals surface area contributed by atoms with Crippen molar-refractivity contribution in [1.82, 2.24) is 0 Å². The summed E-state index contributed by atoms with van der Waals surface area (Å²) in [7, 11) is 0. The minimum absolute atomic E-state index is 0.422. The van der Waals surface area contributed by atoms with Gasteiger partial charge in [0.2, 0.25) is 0 Å². The second kappa shape index (κ2) is 1.80. The number of hydrogen-bond acceptors (Lipinski definition) is 0. The van der Waals surface area contributed by atoms with E-state index in [1.807, 2.05) is 0 Å². The second-order valence-corrected chi connectivity index (χ2v) is 5.53. The lowest BCUT2D eigenvalue weighted by molar-refractivity contribution is 0.338. The predicted octanol–water partition coefficient (Wildman–Crippen LogP) is 3.00. The summed E-state index contributed by atoms with van der Waals surface area (Å²) in [5, 5.41) is 0. The zero-order chi connectivity index (χ0) is 7.64. The van der Waals surface area contributed by atoms with Gasteiger partial charge in [0.1, 0.15) is 4.33 Å². The Hall–Kier alpha value is 0.320. The van der Waals surface area contributed by atoms with Crippen LogP contribution in [0.25, 0.3) is 0 Å². The molecule has 0 saturated heterocycles. The lowest BCUT2D eigenvalue weighted by Crippen LogP contribution is -2.31. The summed E-state index contributed by atoms with van der Waals surface area (Å²) in [5.74, 6) is 2.64. The Bertz CT molecular complexity index is 232. The number of fused-ring (bicyclic) bond motifs is 1. The van der Waals surface area contributed by atoms with E-state index in [1.165, 1.54) is 12.8 Å². The van der Waals surface area contributed by atoms with Crippen molar-refractivity contribution in [2.24, 2.45) is 23.7 Å². The third-order valence-electron chi connectivity index (χ3n) is 3.68. The van der Waals surface area contributed by atoms with Crippen LogP contribution in [-0.4, -0.2) is 4.33 Å². The summed E-state index contributed by atoms with van der Waals surface area (Å²) < 4.78 is -0.422. The van der Waals surface area contributed by atoms with Crippen LogP contribution in [0.5, 0.6) is 0 Å². The molecule has 0 heterocycles. The van der Waals surface area contributed by atoms with Crippen molar-refractivity contribution in [2.45, 2.75) is 17.2 Å². The molecular weight excluding hydrogens is 179 g/mol. The highest BCUT2D eigenvalue weighted by Crippen LogP contribution is 2.65. The maximum Gasteiger partial charge on any atom is 0.127 e. The van der Waals surface area contributed by atoms with Gasteiger partial charge in [0, 0.05) is 5.92 Å². The van der Waals surface area contributed by atoms with Crippen LogP contribution >= 0.6 is 23.2 Å². The van der Waals surface area contributed by atoms with E-state index in [9.17, 15) is 0 Å². The monoisotopic (exact) mass is 188 g/mol. The minimum atomic E-state index is -0.422. The maximum atomic E-state index is 6.27. The van der Waals surface area contributed by atoms with Crippen molar-refractivity contribution in [3.05, 3.63) is 12.2 Å². The molecule has 11 heavy (non-hydrogen) atoms. The quantitative estimate of drug-likeness (QED) is 0.406. The Morgan fingerprint density at radius 3 is 2.64 bits per heavy atom. The van der Waals surface area contributed by atoms with Gasteiger partial charge in [-0.25, -0.2) is 0 Å². The molecule has 60 valence electrons. The lowest BCUT2D eigenvalue weighted by Gasteiger charge is -2.30. The van der Waals surface area contributed by atoms with E-state index >= 15 is 0 Å². The molecule has 2 bridgehead atoms. The number of allylic oxidation sites excluding steroid dienone is 2. The molecule has 0 aromatic rings. The predicted molar refractivity (Wildman–Crippen MR) is 46.8 cm³/mol. The van der Waals surface area contributed by atoms with E-state index < -0.39 is 4.33 Å². The van der Waals surface area contributed by atoms with Crippen LogP contribution in [-0.2, 0) is 0 Å². The van der Waals surface area contributed by atoms with Crippen LogP contribution in [0, 0.1) is 23.7 Å². The van der Waals surface area contributed by atoms with E-state index in [0.29, 0.717) is 11.8 Å². The Morgan fingerprint density at radius 2 is 2.00 bits per heavy atom. The van der Waals surface area contributed by atoms with Crippen molar-refractivity contribution >= 4 is 23.2 Å². The summed E-state index contributed by atoms with van der Waals surface area (Å²) in [5.41, 5.74) is 0. The molecule has 0 aliphatic heterocycles. The minimum Gasteiger partial charge on any atom is -0.101 e. The van der Waals surface area contributed by atoms with Gasteiger partial charge in [0.15, 0.2) is 0 Å². The third-order valence-corrected chi connectivity index (χ3v) is 4.80. The van der Waals surface area contributed by atoms with Gasteiger partial charge in [-0.2, -0.15) is 0 Å². The van der Waals surface area contributed by atoms with Crippen LogP contribution in [0.4, 0.5) is 0 Å². The van der Waals surface area contributed by atoms with Gasteiger partial charge >= 0.3 is 0 Å².